The zero-order valence-corrected chi connectivity index (χ0v) is 11.4. The van der Waals surface area contributed by atoms with E-state index < -0.39 is 5.97 Å². The number of aromatic carboxylic acids is 1. The van der Waals surface area contributed by atoms with Gasteiger partial charge < -0.3 is 19.7 Å². The van der Waals surface area contributed by atoms with Crippen LogP contribution in [0.2, 0.25) is 0 Å². The summed E-state index contributed by atoms with van der Waals surface area (Å²) in [6.45, 7) is 5.72. The third-order valence-corrected chi connectivity index (χ3v) is 2.86. The molecule has 1 unspecified atom stereocenters. The predicted octanol–water partition coefficient (Wildman–Crippen LogP) is 1.65. The quantitative estimate of drug-likeness (QED) is 0.774. The number of carboxylic acid groups (broad SMARTS) is 1. The molecule has 1 heterocycles. The Labute approximate surface area is 108 Å². The molecule has 0 aliphatic carbocycles. The van der Waals surface area contributed by atoms with Gasteiger partial charge in [-0.15, -0.1) is 0 Å². The van der Waals surface area contributed by atoms with E-state index in [1.807, 2.05) is 14.1 Å². The highest BCUT2D eigenvalue weighted by Crippen LogP contribution is 2.11. The van der Waals surface area contributed by atoms with Crippen molar-refractivity contribution in [2.45, 2.75) is 26.4 Å². The van der Waals surface area contributed by atoms with Crippen LogP contribution in [0.4, 0.5) is 0 Å². The van der Waals surface area contributed by atoms with Crippen molar-refractivity contribution in [3.05, 3.63) is 23.7 Å². The first-order valence-electron chi connectivity index (χ1n) is 6.09. The number of likely N-dealkylation sites (N-methyl/N-ethyl adjacent to an activating group) is 1. The minimum absolute atomic E-state index is 0.0230. The van der Waals surface area contributed by atoms with E-state index in [0.717, 1.165) is 6.54 Å². The van der Waals surface area contributed by atoms with Gasteiger partial charge in [0.25, 0.3) is 0 Å². The van der Waals surface area contributed by atoms with Crippen LogP contribution in [0.3, 0.4) is 0 Å². The Kier molecular flexibility index (Phi) is 5.37. The Morgan fingerprint density at radius 1 is 1.50 bits per heavy atom. The van der Waals surface area contributed by atoms with E-state index in [1.165, 1.54) is 6.26 Å². The molecule has 1 rings (SSSR count). The molecule has 1 aromatic rings. The summed E-state index contributed by atoms with van der Waals surface area (Å²) in [4.78, 5) is 13.0. The zero-order valence-electron chi connectivity index (χ0n) is 11.4. The van der Waals surface area contributed by atoms with Gasteiger partial charge in [-0.25, -0.2) is 4.79 Å². The summed E-state index contributed by atoms with van der Waals surface area (Å²) in [6.07, 6.45) is 1.41. The first-order valence-corrected chi connectivity index (χ1v) is 6.09. The highest BCUT2D eigenvalue weighted by atomic mass is 16.4. The Bertz CT molecular complexity index is 385. The van der Waals surface area contributed by atoms with Crippen LogP contribution < -0.4 is 5.32 Å². The van der Waals surface area contributed by atoms with Crippen LogP contribution in [-0.4, -0.2) is 42.7 Å². The van der Waals surface area contributed by atoms with E-state index in [2.05, 4.69) is 24.1 Å². The van der Waals surface area contributed by atoms with Crippen LogP contribution in [0.5, 0.6) is 0 Å². The standard InChI is InChI=1S/C13H22N2O3/c1-9(2)11(8-15(3)4)14-7-10-5-6-18-12(10)13(16)17/h5-6,9,11,14H,7-8H2,1-4H3,(H,16,17). The molecular weight excluding hydrogens is 232 g/mol. The summed E-state index contributed by atoms with van der Waals surface area (Å²) >= 11 is 0. The van der Waals surface area contributed by atoms with Gasteiger partial charge in [0.15, 0.2) is 0 Å². The Morgan fingerprint density at radius 2 is 2.17 bits per heavy atom. The monoisotopic (exact) mass is 254 g/mol. The van der Waals surface area contributed by atoms with Gasteiger partial charge in [0, 0.05) is 24.7 Å². The molecule has 5 nitrogen and oxygen atoms in total. The smallest absolute Gasteiger partial charge is 0.372 e. The van der Waals surface area contributed by atoms with Gasteiger partial charge in [0.2, 0.25) is 5.76 Å². The number of hydrogen-bond donors (Lipinski definition) is 2. The second kappa shape index (κ2) is 6.56. The first kappa shape index (κ1) is 14.7. The lowest BCUT2D eigenvalue weighted by atomic mass is 10.0. The van der Waals surface area contributed by atoms with E-state index in [0.29, 0.717) is 24.1 Å². The van der Waals surface area contributed by atoms with E-state index in [4.69, 9.17) is 9.52 Å². The largest absolute Gasteiger partial charge is 0.475 e. The molecule has 0 amide bonds. The summed E-state index contributed by atoms with van der Waals surface area (Å²) in [5.74, 6) is -0.520. The molecule has 0 saturated carbocycles. The maximum absolute atomic E-state index is 10.9. The SMILES string of the molecule is CC(C)C(CN(C)C)NCc1ccoc1C(=O)O. The molecule has 0 spiro atoms. The molecule has 0 saturated heterocycles. The molecule has 0 fully saturated rings. The average Bonchev–Trinajstić information content (AvgIpc) is 2.71. The van der Waals surface area contributed by atoms with Gasteiger partial charge >= 0.3 is 5.97 Å². The zero-order chi connectivity index (χ0) is 13.7. The van der Waals surface area contributed by atoms with Gasteiger partial charge in [-0.2, -0.15) is 0 Å². The molecule has 2 N–H and O–H groups in total. The third-order valence-electron chi connectivity index (χ3n) is 2.86. The number of nitrogens with zero attached hydrogens (tertiary/aromatic N) is 1. The van der Waals surface area contributed by atoms with Crippen molar-refractivity contribution >= 4 is 5.97 Å². The van der Waals surface area contributed by atoms with Gasteiger partial charge in [-0.05, 0) is 26.1 Å². The minimum atomic E-state index is -1.02. The molecule has 0 bridgehead atoms. The average molecular weight is 254 g/mol. The highest BCUT2D eigenvalue weighted by Gasteiger charge is 2.17. The molecule has 0 aliphatic rings. The number of carboxylic acids is 1. The van der Waals surface area contributed by atoms with Crippen molar-refractivity contribution in [2.24, 2.45) is 5.92 Å². The van der Waals surface area contributed by atoms with Crippen LogP contribution in [-0.2, 0) is 6.54 Å². The third kappa shape index (κ3) is 4.16. The van der Waals surface area contributed by atoms with Gasteiger partial charge in [0.1, 0.15) is 0 Å². The Hall–Kier alpha value is -1.33. The summed E-state index contributed by atoms with van der Waals surface area (Å²) in [7, 11) is 4.05. The van der Waals surface area contributed by atoms with Crippen molar-refractivity contribution in [1.82, 2.24) is 10.2 Å². The van der Waals surface area contributed by atoms with E-state index in [1.54, 1.807) is 6.07 Å². The maximum atomic E-state index is 10.9. The predicted molar refractivity (Wildman–Crippen MR) is 69.7 cm³/mol. The molecule has 18 heavy (non-hydrogen) atoms. The van der Waals surface area contributed by atoms with Crippen LogP contribution in [0.1, 0.15) is 30.0 Å². The highest BCUT2D eigenvalue weighted by molar-refractivity contribution is 5.86. The lowest BCUT2D eigenvalue weighted by Gasteiger charge is -2.25. The number of rotatable bonds is 7. The van der Waals surface area contributed by atoms with Crippen LogP contribution >= 0.6 is 0 Å². The fourth-order valence-electron chi connectivity index (χ4n) is 1.81. The van der Waals surface area contributed by atoms with Crippen LogP contribution in [0, 0.1) is 5.92 Å². The van der Waals surface area contributed by atoms with Crippen molar-refractivity contribution in [2.75, 3.05) is 20.6 Å². The summed E-state index contributed by atoms with van der Waals surface area (Å²) < 4.78 is 4.95. The number of nitrogens with one attached hydrogen (secondary N) is 1. The molecule has 1 atom stereocenters. The van der Waals surface area contributed by atoms with E-state index >= 15 is 0 Å². The molecular formula is C13H22N2O3. The van der Waals surface area contributed by atoms with Crippen molar-refractivity contribution in [3.8, 4) is 0 Å². The Balaban J connectivity index is 2.61. The van der Waals surface area contributed by atoms with Crippen LogP contribution in [0.25, 0.3) is 0 Å². The van der Waals surface area contributed by atoms with E-state index in [-0.39, 0.29) is 5.76 Å². The molecule has 102 valence electrons. The lowest BCUT2D eigenvalue weighted by molar-refractivity contribution is 0.0660. The van der Waals surface area contributed by atoms with Gasteiger partial charge in [0.05, 0.1) is 6.26 Å². The van der Waals surface area contributed by atoms with Crippen molar-refractivity contribution in [1.29, 1.82) is 0 Å². The molecule has 0 aromatic carbocycles. The minimum Gasteiger partial charge on any atom is -0.475 e. The normalized spacial score (nSPS) is 13.2. The van der Waals surface area contributed by atoms with Gasteiger partial charge in [-0.3, -0.25) is 0 Å². The molecule has 1 aromatic heterocycles. The number of carbonyl (C=O) groups is 1. The van der Waals surface area contributed by atoms with Crippen molar-refractivity contribution in [3.63, 3.8) is 0 Å². The second-order valence-corrected chi connectivity index (χ2v) is 5.07. The lowest BCUT2D eigenvalue weighted by Crippen LogP contribution is -2.41. The second-order valence-electron chi connectivity index (χ2n) is 5.07. The maximum Gasteiger partial charge on any atom is 0.372 e. The summed E-state index contributed by atoms with van der Waals surface area (Å²) in [5.41, 5.74) is 0.687. The molecule has 0 aliphatic heterocycles. The number of hydrogen-bond acceptors (Lipinski definition) is 4. The van der Waals surface area contributed by atoms with Crippen molar-refractivity contribution < 1.29 is 14.3 Å². The summed E-state index contributed by atoms with van der Waals surface area (Å²) in [5, 5.41) is 12.3. The molecule has 0 radical (unpaired) electrons. The van der Waals surface area contributed by atoms with Crippen LogP contribution in [0.15, 0.2) is 16.7 Å². The van der Waals surface area contributed by atoms with E-state index in [9.17, 15) is 4.79 Å². The Morgan fingerprint density at radius 3 is 2.67 bits per heavy atom. The fraction of sp³-hybridized carbons (Fsp3) is 0.615. The fourth-order valence-corrected chi connectivity index (χ4v) is 1.81. The van der Waals surface area contributed by atoms with Gasteiger partial charge in [-0.1, -0.05) is 13.8 Å². The topological polar surface area (TPSA) is 65.7 Å². The first-order chi connectivity index (χ1) is 8.41. The molecule has 5 heteroatoms. The summed E-state index contributed by atoms with van der Waals surface area (Å²) in [6, 6.07) is 2.01. The number of furan rings is 1.